The van der Waals surface area contributed by atoms with E-state index in [1.807, 2.05) is 30.3 Å². The van der Waals surface area contributed by atoms with Crippen LogP contribution in [0, 0.1) is 0 Å². The van der Waals surface area contributed by atoms with E-state index in [9.17, 15) is 4.79 Å². The molecule has 0 saturated carbocycles. The van der Waals surface area contributed by atoms with Gasteiger partial charge in [0.25, 0.3) is 5.91 Å². The second-order valence-electron chi connectivity index (χ2n) is 4.54. The molecule has 1 aromatic heterocycles. The number of hydrazone groups is 1. The smallest absolute Gasteiger partial charge is 0.276 e. The molecule has 3 rings (SSSR count). The molecule has 0 spiro atoms. The highest BCUT2D eigenvalue weighted by molar-refractivity contribution is 6.53. The van der Waals surface area contributed by atoms with Crippen molar-refractivity contribution in [2.45, 2.75) is 0 Å². The minimum absolute atomic E-state index is 0.0394. The predicted octanol–water partition coefficient (Wildman–Crippen LogP) is 0.987. The molecule has 2 heterocycles. The van der Waals surface area contributed by atoms with E-state index in [4.69, 9.17) is 5.11 Å². The SMILES string of the molecule is O=C1Nc2ccc(-c3ccncc3)cc2C1=NNCCO. The molecule has 3 N–H and O–H groups in total. The molecule has 0 aliphatic carbocycles. The Hall–Kier alpha value is -2.73. The standard InChI is InChI=1S/C15H14N4O2/c20-8-7-17-19-14-12-9-11(10-3-5-16-6-4-10)1-2-13(12)18-15(14)21/h1-6,9,17,20H,7-8H2,(H,18,19,21). The van der Waals surface area contributed by atoms with Gasteiger partial charge in [0, 0.05) is 18.0 Å². The number of aromatic nitrogens is 1. The van der Waals surface area contributed by atoms with Gasteiger partial charge in [0.05, 0.1) is 18.8 Å². The molecule has 21 heavy (non-hydrogen) atoms. The van der Waals surface area contributed by atoms with Gasteiger partial charge in [0.15, 0.2) is 5.71 Å². The zero-order chi connectivity index (χ0) is 14.7. The number of rotatable bonds is 4. The third-order valence-corrected chi connectivity index (χ3v) is 3.17. The Morgan fingerprint density at radius 3 is 2.76 bits per heavy atom. The number of hydrogen-bond donors (Lipinski definition) is 3. The lowest BCUT2D eigenvalue weighted by atomic mass is 10.0. The maximum absolute atomic E-state index is 11.9. The number of carbonyl (C=O) groups is 1. The number of nitrogens with zero attached hydrogens (tertiary/aromatic N) is 2. The van der Waals surface area contributed by atoms with Crippen molar-refractivity contribution in [2.24, 2.45) is 5.10 Å². The van der Waals surface area contributed by atoms with Gasteiger partial charge in [-0.15, -0.1) is 0 Å². The second kappa shape index (κ2) is 5.72. The Bertz CT molecular complexity index is 698. The number of pyridine rings is 1. The Labute approximate surface area is 121 Å². The summed E-state index contributed by atoms with van der Waals surface area (Å²) in [5.41, 5.74) is 6.50. The molecule has 1 aliphatic rings. The summed E-state index contributed by atoms with van der Waals surface area (Å²) in [5.74, 6) is -0.248. The van der Waals surface area contributed by atoms with E-state index in [1.165, 1.54) is 0 Å². The van der Waals surface area contributed by atoms with Crippen molar-refractivity contribution >= 4 is 17.3 Å². The molecule has 0 bridgehead atoms. The van der Waals surface area contributed by atoms with Gasteiger partial charge in [-0.05, 0) is 35.4 Å². The molecule has 1 amide bonds. The molecule has 2 aromatic rings. The number of anilines is 1. The van der Waals surface area contributed by atoms with E-state index < -0.39 is 0 Å². The maximum atomic E-state index is 11.9. The van der Waals surface area contributed by atoms with Gasteiger partial charge in [-0.25, -0.2) is 0 Å². The van der Waals surface area contributed by atoms with Crippen molar-refractivity contribution in [1.82, 2.24) is 10.4 Å². The second-order valence-corrected chi connectivity index (χ2v) is 4.54. The van der Waals surface area contributed by atoms with Gasteiger partial charge < -0.3 is 15.8 Å². The van der Waals surface area contributed by atoms with Crippen LogP contribution in [0.1, 0.15) is 5.56 Å². The first-order valence-electron chi connectivity index (χ1n) is 6.57. The van der Waals surface area contributed by atoms with Crippen LogP contribution in [0.25, 0.3) is 11.1 Å². The maximum Gasteiger partial charge on any atom is 0.276 e. The summed E-state index contributed by atoms with van der Waals surface area (Å²) in [4.78, 5) is 15.9. The fraction of sp³-hybridized carbons (Fsp3) is 0.133. The minimum Gasteiger partial charge on any atom is -0.394 e. The lowest BCUT2D eigenvalue weighted by Crippen LogP contribution is -2.20. The highest BCUT2D eigenvalue weighted by atomic mass is 16.3. The molecule has 106 valence electrons. The van der Waals surface area contributed by atoms with Gasteiger partial charge in [-0.2, -0.15) is 5.10 Å². The monoisotopic (exact) mass is 282 g/mol. The molecule has 0 saturated heterocycles. The van der Waals surface area contributed by atoms with Gasteiger partial charge in [-0.3, -0.25) is 9.78 Å². The Morgan fingerprint density at radius 1 is 1.19 bits per heavy atom. The first-order chi connectivity index (χ1) is 10.3. The zero-order valence-corrected chi connectivity index (χ0v) is 11.2. The third-order valence-electron chi connectivity index (χ3n) is 3.17. The number of nitrogens with one attached hydrogen (secondary N) is 2. The predicted molar refractivity (Wildman–Crippen MR) is 79.9 cm³/mol. The topological polar surface area (TPSA) is 86.6 Å². The van der Waals surface area contributed by atoms with Gasteiger partial charge in [0.2, 0.25) is 0 Å². The first kappa shape index (κ1) is 13.3. The fourth-order valence-corrected chi connectivity index (χ4v) is 2.17. The van der Waals surface area contributed by atoms with Gasteiger partial charge >= 0.3 is 0 Å². The summed E-state index contributed by atoms with van der Waals surface area (Å²) < 4.78 is 0. The van der Waals surface area contributed by atoms with E-state index in [2.05, 4.69) is 20.8 Å². The van der Waals surface area contributed by atoms with Crippen molar-refractivity contribution in [3.63, 3.8) is 0 Å². The van der Waals surface area contributed by atoms with Crippen LogP contribution in [0.4, 0.5) is 5.69 Å². The number of benzene rings is 1. The van der Waals surface area contributed by atoms with Crippen LogP contribution in [0.2, 0.25) is 0 Å². The number of hydrogen-bond acceptors (Lipinski definition) is 5. The summed E-state index contributed by atoms with van der Waals surface area (Å²) in [6.07, 6.45) is 3.45. The summed E-state index contributed by atoms with van der Waals surface area (Å²) in [7, 11) is 0. The van der Waals surface area contributed by atoms with Crippen LogP contribution >= 0.6 is 0 Å². The van der Waals surface area contributed by atoms with Crippen LogP contribution in [0.15, 0.2) is 47.8 Å². The average Bonchev–Trinajstić information content (AvgIpc) is 2.84. The Kier molecular flexibility index (Phi) is 3.61. The zero-order valence-electron chi connectivity index (χ0n) is 11.2. The van der Waals surface area contributed by atoms with Crippen LogP contribution in [0.3, 0.4) is 0 Å². The van der Waals surface area contributed by atoms with Crippen molar-refractivity contribution in [3.05, 3.63) is 48.3 Å². The van der Waals surface area contributed by atoms with E-state index in [-0.39, 0.29) is 12.5 Å². The Balaban J connectivity index is 1.98. The van der Waals surface area contributed by atoms with E-state index in [0.29, 0.717) is 12.3 Å². The fourth-order valence-electron chi connectivity index (χ4n) is 2.17. The largest absolute Gasteiger partial charge is 0.394 e. The molecule has 0 fully saturated rings. The molecular formula is C15H14N4O2. The highest BCUT2D eigenvalue weighted by Gasteiger charge is 2.26. The molecule has 0 atom stereocenters. The number of fused-ring (bicyclic) bond motifs is 1. The van der Waals surface area contributed by atoms with E-state index in [0.717, 1.165) is 22.4 Å². The summed E-state index contributed by atoms with van der Waals surface area (Å²) >= 11 is 0. The average molecular weight is 282 g/mol. The molecule has 0 unspecified atom stereocenters. The third kappa shape index (κ3) is 2.61. The number of aliphatic hydroxyl groups excluding tert-OH is 1. The minimum atomic E-state index is -0.248. The number of carbonyl (C=O) groups excluding carboxylic acids is 1. The molecule has 6 nitrogen and oxygen atoms in total. The van der Waals surface area contributed by atoms with Crippen LogP contribution in [-0.4, -0.2) is 34.9 Å². The highest BCUT2D eigenvalue weighted by Crippen LogP contribution is 2.29. The molecule has 6 heteroatoms. The van der Waals surface area contributed by atoms with E-state index >= 15 is 0 Å². The normalized spacial score (nSPS) is 14.9. The lowest BCUT2D eigenvalue weighted by molar-refractivity contribution is -0.110. The van der Waals surface area contributed by atoms with Crippen molar-refractivity contribution in [1.29, 1.82) is 0 Å². The Morgan fingerprint density at radius 2 is 2.00 bits per heavy atom. The van der Waals surface area contributed by atoms with Crippen LogP contribution in [0.5, 0.6) is 0 Å². The van der Waals surface area contributed by atoms with E-state index in [1.54, 1.807) is 12.4 Å². The summed E-state index contributed by atoms with van der Waals surface area (Å²) in [6.45, 7) is 0.262. The quantitative estimate of drug-likeness (QED) is 0.576. The van der Waals surface area contributed by atoms with Crippen molar-refractivity contribution in [2.75, 3.05) is 18.5 Å². The van der Waals surface area contributed by atoms with Crippen LogP contribution < -0.4 is 10.7 Å². The lowest BCUT2D eigenvalue weighted by Gasteiger charge is -2.04. The van der Waals surface area contributed by atoms with Crippen molar-refractivity contribution < 1.29 is 9.90 Å². The van der Waals surface area contributed by atoms with Crippen molar-refractivity contribution in [3.8, 4) is 11.1 Å². The molecule has 0 radical (unpaired) electrons. The summed E-state index contributed by atoms with van der Waals surface area (Å²) in [6, 6.07) is 9.54. The summed E-state index contributed by atoms with van der Waals surface area (Å²) in [5, 5.41) is 15.6. The number of amides is 1. The number of aliphatic hydroxyl groups is 1. The molecular weight excluding hydrogens is 268 g/mol. The van der Waals surface area contributed by atoms with Gasteiger partial charge in [0.1, 0.15) is 0 Å². The first-order valence-corrected chi connectivity index (χ1v) is 6.57. The van der Waals surface area contributed by atoms with Gasteiger partial charge in [-0.1, -0.05) is 6.07 Å². The molecule has 1 aromatic carbocycles. The molecule has 1 aliphatic heterocycles. The van der Waals surface area contributed by atoms with Crippen LogP contribution in [-0.2, 0) is 4.79 Å².